The van der Waals surface area contributed by atoms with Gasteiger partial charge in [-0.3, -0.25) is 0 Å². The Balaban J connectivity index is 3.83. The van der Waals surface area contributed by atoms with E-state index in [0.29, 0.717) is 6.42 Å². The Morgan fingerprint density at radius 2 is 2.17 bits per heavy atom. The SMILES string of the molecule is COC(C)CC[C@@](C)(O)C(=O)O. The first-order valence-electron chi connectivity index (χ1n) is 3.88. The van der Waals surface area contributed by atoms with E-state index in [1.165, 1.54) is 6.92 Å². The van der Waals surface area contributed by atoms with Crippen LogP contribution in [0.15, 0.2) is 0 Å². The van der Waals surface area contributed by atoms with Gasteiger partial charge in [0, 0.05) is 7.11 Å². The van der Waals surface area contributed by atoms with Crippen molar-refractivity contribution in [1.82, 2.24) is 0 Å². The average Bonchev–Trinajstić information content (AvgIpc) is 2.00. The molecule has 0 aliphatic heterocycles. The number of aliphatic hydroxyl groups is 1. The predicted octanol–water partition coefficient (Wildman–Crippen LogP) is 0.637. The summed E-state index contributed by atoms with van der Waals surface area (Å²) in [6.07, 6.45) is 0.725. The normalized spacial score (nSPS) is 18.3. The van der Waals surface area contributed by atoms with Crippen LogP contribution in [0.5, 0.6) is 0 Å². The summed E-state index contributed by atoms with van der Waals surface area (Å²) in [6.45, 7) is 3.12. The minimum atomic E-state index is -1.63. The second kappa shape index (κ2) is 4.42. The zero-order valence-electron chi connectivity index (χ0n) is 7.70. The van der Waals surface area contributed by atoms with Gasteiger partial charge >= 0.3 is 5.97 Å². The molecule has 0 spiro atoms. The van der Waals surface area contributed by atoms with E-state index < -0.39 is 11.6 Å². The molecule has 0 aromatic rings. The smallest absolute Gasteiger partial charge is 0.335 e. The first kappa shape index (κ1) is 11.4. The van der Waals surface area contributed by atoms with Crippen LogP contribution >= 0.6 is 0 Å². The maximum absolute atomic E-state index is 10.4. The van der Waals surface area contributed by atoms with Crippen molar-refractivity contribution in [2.75, 3.05) is 7.11 Å². The standard InChI is InChI=1S/C8H16O4/c1-6(12-3)4-5-8(2,11)7(9)10/h6,11H,4-5H2,1-3H3,(H,9,10)/t6?,8-/m1/s1. The first-order valence-corrected chi connectivity index (χ1v) is 3.88. The summed E-state index contributed by atoms with van der Waals surface area (Å²) in [6, 6.07) is 0. The molecule has 0 aromatic heterocycles. The highest BCUT2D eigenvalue weighted by Crippen LogP contribution is 2.14. The second-order valence-corrected chi connectivity index (χ2v) is 3.16. The van der Waals surface area contributed by atoms with Gasteiger partial charge in [0.05, 0.1) is 6.10 Å². The number of aliphatic carboxylic acids is 1. The highest BCUT2D eigenvalue weighted by molar-refractivity contribution is 5.76. The molecule has 4 nitrogen and oxygen atoms in total. The lowest BCUT2D eigenvalue weighted by Gasteiger charge is -2.19. The average molecular weight is 176 g/mol. The molecule has 72 valence electrons. The van der Waals surface area contributed by atoms with E-state index in [1.807, 2.05) is 6.92 Å². The molecule has 0 heterocycles. The van der Waals surface area contributed by atoms with E-state index in [1.54, 1.807) is 7.11 Å². The lowest BCUT2D eigenvalue weighted by Crippen LogP contribution is -2.35. The zero-order chi connectivity index (χ0) is 9.78. The van der Waals surface area contributed by atoms with Gasteiger partial charge in [0.25, 0.3) is 0 Å². The van der Waals surface area contributed by atoms with Gasteiger partial charge in [0.1, 0.15) is 0 Å². The summed E-state index contributed by atoms with van der Waals surface area (Å²) in [5, 5.41) is 17.8. The molecule has 0 bridgehead atoms. The van der Waals surface area contributed by atoms with Gasteiger partial charge < -0.3 is 14.9 Å². The summed E-state index contributed by atoms with van der Waals surface area (Å²) in [5.74, 6) is -1.19. The fraction of sp³-hybridized carbons (Fsp3) is 0.875. The van der Waals surface area contributed by atoms with E-state index in [4.69, 9.17) is 9.84 Å². The molecule has 1 unspecified atom stereocenters. The molecule has 0 saturated carbocycles. The maximum Gasteiger partial charge on any atom is 0.335 e. The Hall–Kier alpha value is -0.610. The number of carbonyl (C=O) groups is 1. The number of carboxylic acid groups (broad SMARTS) is 1. The van der Waals surface area contributed by atoms with E-state index >= 15 is 0 Å². The maximum atomic E-state index is 10.4. The zero-order valence-corrected chi connectivity index (χ0v) is 7.70. The van der Waals surface area contributed by atoms with E-state index in [2.05, 4.69) is 0 Å². The number of hydrogen-bond acceptors (Lipinski definition) is 3. The topological polar surface area (TPSA) is 66.8 Å². The highest BCUT2D eigenvalue weighted by atomic mass is 16.5. The van der Waals surface area contributed by atoms with Crippen molar-refractivity contribution < 1.29 is 19.7 Å². The summed E-state index contributed by atoms with van der Waals surface area (Å²) in [4.78, 5) is 10.4. The van der Waals surface area contributed by atoms with Crippen LogP contribution in [0.25, 0.3) is 0 Å². The molecular weight excluding hydrogens is 160 g/mol. The monoisotopic (exact) mass is 176 g/mol. The molecule has 0 radical (unpaired) electrons. The molecule has 0 amide bonds. The van der Waals surface area contributed by atoms with Gasteiger partial charge in [-0.25, -0.2) is 4.79 Å². The van der Waals surface area contributed by atoms with E-state index in [9.17, 15) is 9.90 Å². The molecule has 0 aliphatic carbocycles. The van der Waals surface area contributed by atoms with Crippen LogP contribution in [0.4, 0.5) is 0 Å². The van der Waals surface area contributed by atoms with Gasteiger partial charge in [-0.05, 0) is 26.7 Å². The number of rotatable bonds is 5. The van der Waals surface area contributed by atoms with Crippen molar-refractivity contribution in [3.05, 3.63) is 0 Å². The van der Waals surface area contributed by atoms with Gasteiger partial charge in [-0.15, -0.1) is 0 Å². The van der Waals surface area contributed by atoms with Gasteiger partial charge in [0.15, 0.2) is 5.60 Å². The molecule has 0 rings (SSSR count). The van der Waals surface area contributed by atoms with Gasteiger partial charge in [-0.1, -0.05) is 0 Å². The Labute approximate surface area is 72.2 Å². The number of carboxylic acids is 1. The molecule has 0 aliphatic rings. The second-order valence-electron chi connectivity index (χ2n) is 3.16. The van der Waals surface area contributed by atoms with Crippen LogP contribution < -0.4 is 0 Å². The van der Waals surface area contributed by atoms with Crippen LogP contribution in [0.2, 0.25) is 0 Å². The minimum absolute atomic E-state index is 0.0178. The summed E-state index contributed by atoms with van der Waals surface area (Å²) in [5.41, 5.74) is -1.63. The van der Waals surface area contributed by atoms with Crippen LogP contribution in [0.1, 0.15) is 26.7 Å². The molecule has 2 N–H and O–H groups in total. The van der Waals surface area contributed by atoms with Crippen molar-refractivity contribution in [3.8, 4) is 0 Å². The Morgan fingerprint density at radius 1 is 1.67 bits per heavy atom. The van der Waals surface area contributed by atoms with Crippen molar-refractivity contribution in [2.24, 2.45) is 0 Å². The molecule has 0 fully saturated rings. The van der Waals surface area contributed by atoms with Crippen molar-refractivity contribution in [3.63, 3.8) is 0 Å². The minimum Gasteiger partial charge on any atom is -0.479 e. The molecule has 2 atom stereocenters. The van der Waals surface area contributed by atoms with Crippen molar-refractivity contribution in [1.29, 1.82) is 0 Å². The van der Waals surface area contributed by atoms with Crippen molar-refractivity contribution in [2.45, 2.75) is 38.4 Å². The van der Waals surface area contributed by atoms with Crippen LogP contribution in [-0.4, -0.2) is 35.0 Å². The molecule has 4 heteroatoms. The third kappa shape index (κ3) is 3.69. The number of methoxy groups -OCH3 is 1. The molecule has 12 heavy (non-hydrogen) atoms. The Bertz CT molecular complexity index is 153. The molecular formula is C8H16O4. The third-order valence-corrected chi connectivity index (χ3v) is 1.90. The van der Waals surface area contributed by atoms with Crippen LogP contribution in [-0.2, 0) is 9.53 Å². The first-order chi connectivity index (χ1) is 5.40. The number of ether oxygens (including phenoxy) is 1. The summed E-state index contributed by atoms with van der Waals surface area (Å²) < 4.78 is 4.92. The van der Waals surface area contributed by atoms with Crippen molar-refractivity contribution >= 4 is 5.97 Å². The van der Waals surface area contributed by atoms with E-state index in [-0.39, 0.29) is 12.5 Å². The molecule has 0 saturated heterocycles. The van der Waals surface area contributed by atoms with Crippen LogP contribution in [0.3, 0.4) is 0 Å². The summed E-state index contributed by atoms with van der Waals surface area (Å²) in [7, 11) is 1.56. The van der Waals surface area contributed by atoms with Crippen LogP contribution in [0, 0.1) is 0 Å². The predicted molar refractivity (Wildman–Crippen MR) is 44.0 cm³/mol. The lowest BCUT2D eigenvalue weighted by molar-refractivity contribution is -0.157. The third-order valence-electron chi connectivity index (χ3n) is 1.90. The van der Waals surface area contributed by atoms with Gasteiger partial charge in [-0.2, -0.15) is 0 Å². The fourth-order valence-electron chi connectivity index (χ4n) is 0.709. The fourth-order valence-corrected chi connectivity index (χ4v) is 0.709. The Kier molecular flexibility index (Phi) is 4.20. The largest absolute Gasteiger partial charge is 0.479 e. The Morgan fingerprint density at radius 3 is 2.50 bits per heavy atom. The summed E-state index contributed by atoms with van der Waals surface area (Å²) >= 11 is 0. The molecule has 0 aromatic carbocycles. The van der Waals surface area contributed by atoms with E-state index in [0.717, 1.165) is 0 Å². The highest BCUT2D eigenvalue weighted by Gasteiger charge is 2.29. The number of hydrogen-bond donors (Lipinski definition) is 2. The quantitative estimate of drug-likeness (QED) is 0.645. The van der Waals surface area contributed by atoms with Gasteiger partial charge in [0.2, 0.25) is 0 Å². The lowest BCUT2D eigenvalue weighted by atomic mass is 9.99.